The molecule has 1 amide bonds. The molecular weight excluding hydrogens is 322 g/mol. The first-order chi connectivity index (χ1) is 12.0. The third kappa shape index (κ3) is 4.29. The first-order valence-corrected chi connectivity index (χ1v) is 7.92. The van der Waals surface area contributed by atoms with Crippen molar-refractivity contribution in [2.24, 2.45) is 0 Å². The summed E-state index contributed by atoms with van der Waals surface area (Å²) in [5.74, 6) is -0.959. The minimum Gasteiger partial charge on any atom is -0.507 e. The Hall–Kier alpha value is -3.02. The maximum Gasteiger partial charge on any atom is 0.342 e. The minimum atomic E-state index is -0.992. The van der Waals surface area contributed by atoms with Gasteiger partial charge in [0.05, 0.1) is 7.11 Å². The number of rotatable bonds is 6. The number of para-hydroxylation sites is 1. The summed E-state index contributed by atoms with van der Waals surface area (Å²) in [6.45, 7) is 3.79. The van der Waals surface area contributed by atoms with Crippen LogP contribution in [-0.4, -0.2) is 36.7 Å². The molecule has 0 aliphatic carbocycles. The van der Waals surface area contributed by atoms with Crippen molar-refractivity contribution >= 4 is 17.6 Å². The largest absolute Gasteiger partial charge is 0.507 e. The number of aromatic hydroxyl groups is 1. The average Bonchev–Trinajstić information content (AvgIpc) is 2.62. The number of amides is 1. The second-order valence-corrected chi connectivity index (χ2v) is 5.35. The number of phenols is 1. The number of esters is 1. The fourth-order valence-electron chi connectivity index (χ4n) is 2.38. The van der Waals surface area contributed by atoms with E-state index < -0.39 is 12.1 Å². The number of ether oxygens (including phenoxy) is 2. The first-order valence-electron chi connectivity index (χ1n) is 7.92. The van der Waals surface area contributed by atoms with E-state index in [1.54, 1.807) is 0 Å². The van der Waals surface area contributed by atoms with E-state index in [2.05, 4.69) is 0 Å². The smallest absolute Gasteiger partial charge is 0.342 e. The summed E-state index contributed by atoms with van der Waals surface area (Å²) in [5, 5.41) is 9.90. The van der Waals surface area contributed by atoms with Crippen molar-refractivity contribution in [3.63, 3.8) is 0 Å². The molecule has 0 unspecified atom stereocenters. The molecule has 0 saturated heterocycles. The lowest BCUT2D eigenvalue weighted by atomic mass is 10.2. The summed E-state index contributed by atoms with van der Waals surface area (Å²) in [5.41, 5.74) is 0.702. The lowest BCUT2D eigenvalue weighted by Gasteiger charge is -2.24. The zero-order chi connectivity index (χ0) is 18.4. The summed E-state index contributed by atoms with van der Waals surface area (Å²) in [4.78, 5) is 26.4. The van der Waals surface area contributed by atoms with E-state index in [1.165, 1.54) is 37.1 Å². The molecule has 0 saturated carbocycles. The fourth-order valence-corrected chi connectivity index (χ4v) is 2.38. The van der Waals surface area contributed by atoms with E-state index in [-0.39, 0.29) is 17.2 Å². The Labute approximate surface area is 146 Å². The van der Waals surface area contributed by atoms with Crippen LogP contribution in [0.15, 0.2) is 48.5 Å². The lowest BCUT2D eigenvalue weighted by molar-refractivity contribution is -0.126. The number of hydrogen-bond donors (Lipinski definition) is 1. The van der Waals surface area contributed by atoms with Crippen LogP contribution in [0.1, 0.15) is 24.2 Å². The second-order valence-electron chi connectivity index (χ2n) is 5.35. The van der Waals surface area contributed by atoms with Crippen molar-refractivity contribution in [3.05, 3.63) is 54.1 Å². The van der Waals surface area contributed by atoms with Crippen LogP contribution in [-0.2, 0) is 9.53 Å². The quantitative estimate of drug-likeness (QED) is 0.816. The average molecular weight is 343 g/mol. The maximum absolute atomic E-state index is 12.6. The van der Waals surface area contributed by atoms with Crippen LogP contribution in [0.4, 0.5) is 5.69 Å². The zero-order valence-corrected chi connectivity index (χ0v) is 14.4. The molecule has 132 valence electrons. The van der Waals surface area contributed by atoms with Gasteiger partial charge in [0.2, 0.25) is 0 Å². The van der Waals surface area contributed by atoms with Crippen molar-refractivity contribution in [1.82, 2.24) is 0 Å². The number of carbonyl (C=O) groups is 2. The molecule has 0 aliphatic heterocycles. The number of methoxy groups -OCH3 is 1. The molecular formula is C19H21NO5. The second kappa shape index (κ2) is 8.19. The molecule has 1 N–H and O–H groups in total. The van der Waals surface area contributed by atoms with Crippen LogP contribution in [0.2, 0.25) is 0 Å². The summed E-state index contributed by atoms with van der Waals surface area (Å²) >= 11 is 0. The summed E-state index contributed by atoms with van der Waals surface area (Å²) in [6.07, 6.45) is -0.992. The SMILES string of the molecule is CCN(C(=O)[C@H](C)OC(=O)c1ccc(OC)cc1O)c1ccccc1. The predicted molar refractivity (Wildman–Crippen MR) is 94.0 cm³/mol. The number of carbonyl (C=O) groups excluding carboxylic acids is 2. The molecule has 6 heteroatoms. The van der Waals surface area contributed by atoms with Gasteiger partial charge in [-0.1, -0.05) is 18.2 Å². The van der Waals surface area contributed by atoms with Gasteiger partial charge in [-0.2, -0.15) is 0 Å². The molecule has 0 heterocycles. The number of hydrogen-bond acceptors (Lipinski definition) is 5. The summed E-state index contributed by atoms with van der Waals surface area (Å²) in [6, 6.07) is 13.4. The Kier molecular flexibility index (Phi) is 6.00. The number of nitrogens with zero attached hydrogens (tertiary/aromatic N) is 1. The summed E-state index contributed by atoms with van der Waals surface area (Å²) < 4.78 is 10.2. The van der Waals surface area contributed by atoms with Gasteiger partial charge in [-0.3, -0.25) is 4.79 Å². The molecule has 0 radical (unpaired) electrons. The van der Waals surface area contributed by atoms with Gasteiger partial charge in [0, 0.05) is 18.3 Å². The van der Waals surface area contributed by atoms with Crippen molar-refractivity contribution < 1.29 is 24.2 Å². The van der Waals surface area contributed by atoms with Crippen molar-refractivity contribution in [2.75, 3.05) is 18.6 Å². The van der Waals surface area contributed by atoms with E-state index in [9.17, 15) is 14.7 Å². The van der Waals surface area contributed by atoms with E-state index >= 15 is 0 Å². The van der Waals surface area contributed by atoms with Gasteiger partial charge < -0.3 is 19.5 Å². The molecule has 25 heavy (non-hydrogen) atoms. The van der Waals surface area contributed by atoms with Gasteiger partial charge >= 0.3 is 5.97 Å². The van der Waals surface area contributed by atoms with Gasteiger partial charge in [0.25, 0.3) is 5.91 Å². The number of benzene rings is 2. The third-order valence-electron chi connectivity index (χ3n) is 3.71. The Morgan fingerprint density at radius 1 is 1.16 bits per heavy atom. The molecule has 0 bridgehead atoms. The minimum absolute atomic E-state index is 0.0248. The molecule has 1 atom stereocenters. The van der Waals surface area contributed by atoms with Gasteiger partial charge in [-0.25, -0.2) is 4.79 Å². The highest BCUT2D eigenvalue weighted by atomic mass is 16.5. The number of likely N-dealkylation sites (N-methyl/N-ethyl adjacent to an activating group) is 1. The zero-order valence-electron chi connectivity index (χ0n) is 14.4. The van der Waals surface area contributed by atoms with E-state index in [0.29, 0.717) is 12.3 Å². The fraction of sp³-hybridized carbons (Fsp3) is 0.263. The molecule has 2 rings (SSSR count). The van der Waals surface area contributed by atoms with Crippen LogP contribution < -0.4 is 9.64 Å². The number of phenolic OH excluding ortho intramolecular Hbond substituents is 1. The van der Waals surface area contributed by atoms with E-state index in [0.717, 1.165) is 5.69 Å². The van der Waals surface area contributed by atoms with Crippen molar-refractivity contribution in [3.8, 4) is 11.5 Å². The van der Waals surface area contributed by atoms with Gasteiger partial charge in [0.15, 0.2) is 6.10 Å². The predicted octanol–water partition coefficient (Wildman–Crippen LogP) is 3.00. The monoisotopic (exact) mass is 343 g/mol. The first kappa shape index (κ1) is 18.3. The van der Waals surface area contributed by atoms with E-state index in [1.807, 2.05) is 37.3 Å². The van der Waals surface area contributed by atoms with Crippen LogP contribution in [0.3, 0.4) is 0 Å². The van der Waals surface area contributed by atoms with Crippen molar-refractivity contribution in [1.29, 1.82) is 0 Å². The number of anilines is 1. The molecule has 0 aromatic heterocycles. The lowest BCUT2D eigenvalue weighted by Crippen LogP contribution is -2.40. The Balaban J connectivity index is 2.11. The Morgan fingerprint density at radius 3 is 2.40 bits per heavy atom. The molecule has 0 aliphatic rings. The highest BCUT2D eigenvalue weighted by molar-refractivity contribution is 5.99. The molecule has 2 aromatic rings. The third-order valence-corrected chi connectivity index (χ3v) is 3.71. The highest BCUT2D eigenvalue weighted by Gasteiger charge is 2.25. The van der Waals surface area contributed by atoms with Gasteiger partial charge in [0.1, 0.15) is 17.1 Å². The molecule has 2 aromatic carbocycles. The topological polar surface area (TPSA) is 76.1 Å². The standard InChI is InChI=1S/C19H21NO5/c1-4-20(14-8-6-5-7-9-14)18(22)13(2)25-19(23)16-11-10-15(24-3)12-17(16)21/h5-13,21H,4H2,1-3H3/t13-/m0/s1. The Bertz CT molecular complexity index is 745. The van der Waals surface area contributed by atoms with E-state index in [4.69, 9.17) is 9.47 Å². The van der Waals surface area contributed by atoms with Crippen molar-refractivity contribution in [2.45, 2.75) is 20.0 Å². The summed E-state index contributed by atoms with van der Waals surface area (Å²) in [7, 11) is 1.45. The van der Waals surface area contributed by atoms with Crippen LogP contribution >= 0.6 is 0 Å². The van der Waals surface area contributed by atoms with Crippen LogP contribution in [0.25, 0.3) is 0 Å². The van der Waals surface area contributed by atoms with Crippen LogP contribution in [0, 0.1) is 0 Å². The normalized spacial score (nSPS) is 11.5. The van der Waals surface area contributed by atoms with Crippen LogP contribution in [0.5, 0.6) is 11.5 Å². The molecule has 0 fully saturated rings. The molecule has 0 spiro atoms. The maximum atomic E-state index is 12.6. The molecule has 6 nitrogen and oxygen atoms in total. The highest BCUT2D eigenvalue weighted by Crippen LogP contribution is 2.24. The van der Waals surface area contributed by atoms with Gasteiger partial charge in [-0.15, -0.1) is 0 Å². The Morgan fingerprint density at radius 2 is 1.84 bits per heavy atom. The van der Waals surface area contributed by atoms with Gasteiger partial charge in [-0.05, 0) is 38.1 Å².